The molecule has 0 saturated carbocycles. The molecule has 65 heavy (non-hydrogen) atoms. The Morgan fingerprint density at radius 1 is 0.569 bits per heavy atom. The van der Waals surface area contributed by atoms with Crippen molar-refractivity contribution in [3.8, 4) is 16.9 Å². The van der Waals surface area contributed by atoms with Gasteiger partial charge in [0, 0.05) is 33.1 Å². The van der Waals surface area contributed by atoms with E-state index in [-0.39, 0.29) is 33.8 Å². The van der Waals surface area contributed by atoms with Crippen LogP contribution in [0.15, 0.2) is 115 Å². The molecule has 2 aliphatic heterocycles. The van der Waals surface area contributed by atoms with Crippen molar-refractivity contribution in [2.24, 2.45) is 0 Å². The molecule has 3 aliphatic rings. The van der Waals surface area contributed by atoms with Crippen LogP contribution in [0.3, 0.4) is 0 Å². The van der Waals surface area contributed by atoms with E-state index in [1.807, 2.05) is 29.5 Å². The first kappa shape index (κ1) is 43.6. The predicted molar refractivity (Wildman–Crippen MR) is 279 cm³/mol. The minimum Gasteiger partial charge on any atom is -0.463 e. The molecule has 10 rings (SSSR count). The van der Waals surface area contributed by atoms with Gasteiger partial charge in [0.15, 0.2) is 0 Å². The number of benzene rings is 6. The fraction of sp³-hybridized carbons (Fsp3) is 0.356. The van der Waals surface area contributed by atoms with Gasteiger partial charge < -0.3 is 14.5 Å². The number of alkyl halides is 1. The Bertz CT molecular complexity index is 3010. The highest BCUT2D eigenvalue weighted by molar-refractivity contribution is 7.26. The van der Waals surface area contributed by atoms with E-state index in [0.717, 1.165) is 46.7 Å². The maximum absolute atomic E-state index is 13.7. The fourth-order valence-electron chi connectivity index (χ4n) is 10.8. The van der Waals surface area contributed by atoms with Gasteiger partial charge in [-0.05, 0) is 161 Å². The maximum Gasteiger partial charge on any atom is 0.254 e. The lowest BCUT2D eigenvalue weighted by atomic mass is 9.33. The lowest BCUT2D eigenvalue weighted by Gasteiger charge is -2.47. The number of ether oxygens (including phenoxy) is 1. The van der Waals surface area contributed by atoms with Crippen LogP contribution in [0.25, 0.3) is 21.2 Å². The summed E-state index contributed by atoms with van der Waals surface area (Å²) in [7, 11) is 0. The van der Waals surface area contributed by atoms with Gasteiger partial charge in [0.2, 0.25) is 6.86 Å². The molecule has 0 radical (unpaired) electrons. The Balaban J connectivity index is 1.37. The Kier molecular flexibility index (Phi) is 9.95. The van der Waals surface area contributed by atoms with E-state index < -0.39 is 6.86 Å². The number of anilines is 6. The zero-order valence-electron chi connectivity index (χ0n) is 40.8. The number of hydrogen-bond donors (Lipinski definition) is 0. The first-order chi connectivity index (χ1) is 30.5. The monoisotopic (exact) mass is 878 g/mol. The second kappa shape index (κ2) is 14.8. The van der Waals surface area contributed by atoms with Crippen molar-refractivity contribution in [1.29, 1.82) is 0 Å². The molecule has 0 amide bonds. The summed E-state index contributed by atoms with van der Waals surface area (Å²) in [4.78, 5) is 5.13. The number of rotatable bonds is 5. The molecule has 0 saturated heterocycles. The van der Waals surface area contributed by atoms with E-state index in [1.54, 1.807) is 0 Å². The zero-order valence-corrected chi connectivity index (χ0v) is 41.6. The molecule has 1 aliphatic carbocycles. The van der Waals surface area contributed by atoms with Crippen LogP contribution in [0, 0.1) is 0 Å². The van der Waals surface area contributed by atoms with Gasteiger partial charge in [-0.2, -0.15) is 0 Å². The van der Waals surface area contributed by atoms with Crippen molar-refractivity contribution in [2.45, 2.75) is 130 Å². The van der Waals surface area contributed by atoms with E-state index >= 15 is 0 Å². The van der Waals surface area contributed by atoms with Gasteiger partial charge >= 0.3 is 0 Å². The Morgan fingerprint density at radius 2 is 1.11 bits per heavy atom. The molecule has 0 unspecified atom stereocenters. The van der Waals surface area contributed by atoms with Gasteiger partial charge in [-0.15, -0.1) is 11.3 Å². The lowest BCUT2D eigenvalue weighted by Crippen LogP contribution is -2.61. The molecule has 0 spiro atoms. The molecule has 7 aromatic rings. The zero-order chi connectivity index (χ0) is 46.2. The average molecular weight is 879 g/mol. The number of nitrogens with zero attached hydrogens (tertiary/aromatic N) is 2. The van der Waals surface area contributed by atoms with Crippen LogP contribution >= 0.6 is 11.3 Å². The molecule has 3 heterocycles. The average Bonchev–Trinajstić information content (AvgIpc) is 3.62. The van der Waals surface area contributed by atoms with Gasteiger partial charge in [-0.25, -0.2) is 4.39 Å². The quantitative estimate of drug-likeness (QED) is 0.160. The molecule has 332 valence electrons. The molecule has 6 aromatic carbocycles. The van der Waals surface area contributed by atoms with Crippen molar-refractivity contribution in [3.05, 3.63) is 143 Å². The van der Waals surface area contributed by atoms with Gasteiger partial charge in [-0.1, -0.05) is 145 Å². The topological polar surface area (TPSA) is 15.7 Å². The molecule has 1 aromatic heterocycles. The van der Waals surface area contributed by atoms with Crippen LogP contribution in [-0.2, 0) is 27.1 Å². The number of fused-ring (bicyclic) bond motifs is 7. The van der Waals surface area contributed by atoms with Crippen LogP contribution in [0.4, 0.5) is 37.8 Å². The summed E-state index contributed by atoms with van der Waals surface area (Å²) in [5.74, 6) is 0.516. The highest BCUT2D eigenvalue weighted by atomic mass is 32.1. The molecule has 0 N–H and O–H groups in total. The van der Waals surface area contributed by atoms with Crippen molar-refractivity contribution in [1.82, 2.24) is 0 Å². The molecule has 6 heteroatoms. The third-order valence-corrected chi connectivity index (χ3v) is 16.1. The van der Waals surface area contributed by atoms with E-state index in [9.17, 15) is 4.39 Å². The van der Waals surface area contributed by atoms with Crippen LogP contribution in [0.5, 0.6) is 5.75 Å². The third-order valence-electron chi connectivity index (χ3n) is 14.9. The van der Waals surface area contributed by atoms with Crippen molar-refractivity contribution >= 4 is 78.0 Å². The summed E-state index contributed by atoms with van der Waals surface area (Å²) in [5.41, 5.74) is 18.8. The molecule has 0 bridgehead atoms. The SMILES string of the molecule is CC(C)(C)c1ccc(N2c3cc4c(cc3B3c5c2cc(-c2cccc(OCF)c2)cc5N(c2ccc(C(C)(C)C)cc2)c2sc5ccc(C(C)(C)C)cc5c23)C(C)(C)CCC4(C)C)cc1. The normalized spacial score (nSPS) is 16.2. The number of hydrogen-bond acceptors (Lipinski definition) is 4. The Labute approximate surface area is 391 Å². The Hall–Kier alpha value is -5.33. The molecular formula is C59H64BFN2OS. The highest BCUT2D eigenvalue weighted by Gasteiger charge is 2.48. The summed E-state index contributed by atoms with van der Waals surface area (Å²) < 4.78 is 20.5. The minimum absolute atomic E-state index is 0.00917. The first-order valence-electron chi connectivity index (χ1n) is 23.6. The standard InChI is InChI=1S/C59H64BFN2OS/c1-55(2,3)38-17-22-41(23-18-38)62-48-34-46-45(58(10,11)27-28-59(46,12)13)33-47(48)60-52-44-32-40(57(7,8)9)21-26-51(44)65-54(52)63(42-24-19-39(20-25-42)56(4,5)6)50-31-37(30-49(62)53(50)60)36-15-14-16-43(29-36)64-35-61/h14-26,29-34H,27-28,35H2,1-13H3. The highest BCUT2D eigenvalue weighted by Crippen LogP contribution is 2.53. The Morgan fingerprint density at radius 3 is 1.68 bits per heavy atom. The fourth-order valence-corrected chi connectivity index (χ4v) is 12.0. The summed E-state index contributed by atoms with van der Waals surface area (Å²) in [6.07, 6.45) is 2.28. The van der Waals surface area contributed by atoms with Gasteiger partial charge in [0.25, 0.3) is 6.71 Å². The number of halogens is 1. The second-order valence-corrected chi connectivity index (χ2v) is 24.4. The number of thiophene rings is 1. The molecule has 0 fully saturated rings. The van der Waals surface area contributed by atoms with Gasteiger partial charge in [-0.3, -0.25) is 0 Å². The smallest absolute Gasteiger partial charge is 0.254 e. The van der Waals surface area contributed by atoms with Crippen LogP contribution in [0.1, 0.15) is 131 Å². The third kappa shape index (κ3) is 7.21. The van der Waals surface area contributed by atoms with Gasteiger partial charge in [0.1, 0.15) is 5.75 Å². The molecular weight excluding hydrogens is 815 g/mol. The molecule has 0 atom stereocenters. The second-order valence-electron chi connectivity index (χ2n) is 23.4. The van der Waals surface area contributed by atoms with E-state index in [4.69, 9.17) is 4.74 Å². The summed E-state index contributed by atoms with van der Waals surface area (Å²) >= 11 is 1.91. The largest absolute Gasteiger partial charge is 0.463 e. The van der Waals surface area contributed by atoms with Gasteiger partial charge in [0.05, 0.1) is 5.00 Å². The predicted octanol–water partition coefficient (Wildman–Crippen LogP) is 15.2. The van der Waals surface area contributed by atoms with Crippen LogP contribution in [0.2, 0.25) is 0 Å². The maximum atomic E-state index is 13.7. The van der Waals surface area contributed by atoms with E-state index in [1.165, 1.54) is 65.0 Å². The van der Waals surface area contributed by atoms with E-state index in [2.05, 4.69) is 197 Å². The summed E-state index contributed by atoms with van der Waals surface area (Å²) in [5, 5.41) is 2.60. The van der Waals surface area contributed by atoms with Crippen molar-refractivity contribution < 1.29 is 9.13 Å². The van der Waals surface area contributed by atoms with E-state index in [0.29, 0.717) is 5.75 Å². The summed E-state index contributed by atoms with van der Waals surface area (Å²) in [6.45, 7) is 29.6. The van der Waals surface area contributed by atoms with Crippen LogP contribution < -0.4 is 30.9 Å². The molecule has 3 nitrogen and oxygen atoms in total. The van der Waals surface area contributed by atoms with Crippen molar-refractivity contribution in [3.63, 3.8) is 0 Å². The summed E-state index contributed by atoms with van der Waals surface area (Å²) in [6, 6.07) is 43.7. The van der Waals surface area contributed by atoms with Crippen molar-refractivity contribution in [2.75, 3.05) is 16.7 Å². The minimum atomic E-state index is -0.878. The first-order valence-corrected chi connectivity index (χ1v) is 24.4. The lowest BCUT2D eigenvalue weighted by molar-refractivity contribution is 0.192. The van der Waals surface area contributed by atoms with Crippen LogP contribution in [-0.4, -0.2) is 13.6 Å².